The summed E-state index contributed by atoms with van der Waals surface area (Å²) in [6.45, 7) is 3.75. The van der Waals surface area contributed by atoms with Gasteiger partial charge in [0.2, 0.25) is 0 Å². The molecule has 1 aliphatic carbocycles. The number of aryl methyl sites for hydroxylation is 2. The average Bonchev–Trinajstić information content (AvgIpc) is 2.83. The zero-order valence-corrected chi connectivity index (χ0v) is 12.8. The van der Waals surface area contributed by atoms with Gasteiger partial charge in [0.1, 0.15) is 0 Å². The van der Waals surface area contributed by atoms with Crippen LogP contribution in [0, 0.1) is 13.8 Å². The van der Waals surface area contributed by atoms with Crippen LogP contribution in [0.4, 0.5) is 0 Å². The third kappa shape index (κ3) is 1.58. The third-order valence-electron chi connectivity index (χ3n) is 3.27. The van der Waals surface area contributed by atoms with E-state index in [0.29, 0.717) is 16.8 Å². The number of benzene rings is 1. The zero-order chi connectivity index (χ0) is 13.8. The standard InChI is InChI=1S/C14H10BrNO2S/c1-7-11(16-8(2)19-7)14(15)12(17)9-5-3-4-6-10(9)13(14)18/h3-6H,1-2H3. The van der Waals surface area contributed by atoms with E-state index in [0.717, 1.165) is 9.88 Å². The highest BCUT2D eigenvalue weighted by atomic mass is 79.9. The molecular formula is C14H10BrNO2S. The van der Waals surface area contributed by atoms with Crippen LogP contribution in [0.2, 0.25) is 0 Å². The van der Waals surface area contributed by atoms with Gasteiger partial charge in [-0.25, -0.2) is 4.98 Å². The number of hydrogen-bond donors (Lipinski definition) is 0. The van der Waals surface area contributed by atoms with Crippen molar-refractivity contribution in [2.24, 2.45) is 0 Å². The quantitative estimate of drug-likeness (QED) is 0.592. The Balaban J connectivity index is 2.25. The molecule has 0 unspecified atom stereocenters. The number of thiazole rings is 1. The molecular weight excluding hydrogens is 326 g/mol. The van der Waals surface area contributed by atoms with Crippen LogP contribution in [0.1, 0.15) is 36.3 Å². The van der Waals surface area contributed by atoms with Gasteiger partial charge in [0.25, 0.3) is 0 Å². The summed E-state index contributed by atoms with van der Waals surface area (Å²) in [6.07, 6.45) is 0. The third-order valence-corrected chi connectivity index (χ3v) is 5.25. The minimum atomic E-state index is -1.34. The summed E-state index contributed by atoms with van der Waals surface area (Å²) < 4.78 is -1.34. The lowest BCUT2D eigenvalue weighted by atomic mass is 9.99. The number of fused-ring (bicyclic) bond motifs is 1. The molecule has 0 radical (unpaired) electrons. The number of nitrogens with zero attached hydrogens (tertiary/aromatic N) is 1. The number of ketones is 2. The maximum atomic E-state index is 12.6. The van der Waals surface area contributed by atoms with Crippen LogP contribution in [0.25, 0.3) is 0 Å². The number of Topliss-reactive ketones (excluding diaryl/α,β-unsaturated/α-hetero) is 2. The van der Waals surface area contributed by atoms with E-state index in [1.54, 1.807) is 24.3 Å². The number of aromatic nitrogens is 1. The van der Waals surface area contributed by atoms with Crippen molar-refractivity contribution in [2.45, 2.75) is 18.2 Å². The second-order valence-corrected chi connectivity index (χ2v) is 7.10. The first-order valence-corrected chi connectivity index (χ1v) is 7.39. The van der Waals surface area contributed by atoms with E-state index in [1.807, 2.05) is 13.8 Å². The number of carbonyl (C=O) groups excluding carboxylic acids is 2. The topological polar surface area (TPSA) is 47.0 Å². The van der Waals surface area contributed by atoms with Crippen LogP contribution in [0.5, 0.6) is 0 Å². The fourth-order valence-electron chi connectivity index (χ4n) is 2.42. The molecule has 0 bridgehead atoms. The Morgan fingerprint density at radius 3 is 2.05 bits per heavy atom. The minimum absolute atomic E-state index is 0.221. The molecule has 3 nitrogen and oxygen atoms in total. The van der Waals surface area contributed by atoms with Crippen LogP contribution in [0.3, 0.4) is 0 Å². The van der Waals surface area contributed by atoms with E-state index in [2.05, 4.69) is 20.9 Å². The Hall–Kier alpha value is -1.33. The molecule has 5 heteroatoms. The van der Waals surface area contributed by atoms with Crippen molar-refractivity contribution in [1.82, 2.24) is 4.98 Å². The first-order chi connectivity index (χ1) is 8.96. The highest BCUT2D eigenvalue weighted by molar-refractivity contribution is 9.10. The normalized spacial score (nSPS) is 16.8. The first-order valence-electron chi connectivity index (χ1n) is 5.78. The Labute approximate surface area is 122 Å². The van der Waals surface area contributed by atoms with Crippen molar-refractivity contribution in [1.29, 1.82) is 0 Å². The summed E-state index contributed by atoms with van der Waals surface area (Å²) in [4.78, 5) is 30.4. The molecule has 96 valence electrons. The fourth-order valence-corrected chi connectivity index (χ4v) is 4.24. The van der Waals surface area contributed by atoms with E-state index < -0.39 is 4.32 Å². The molecule has 0 saturated carbocycles. The van der Waals surface area contributed by atoms with Gasteiger partial charge in [-0.05, 0) is 13.8 Å². The van der Waals surface area contributed by atoms with Gasteiger partial charge in [0, 0.05) is 16.0 Å². The van der Waals surface area contributed by atoms with Gasteiger partial charge in [0.05, 0.1) is 10.7 Å². The summed E-state index contributed by atoms with van der Waals surface area (Å²) in [5.41, 5.74) is 1.46. The fraction of sp³-hybridized carbons (Fsp3) is 0.214. The van der Waals surface area contributed by atoms with Crippen LogP contribution < -0.4 is 0 Å². The lowest BCUT2D eigenvalue weighted by molar-refractivity contribution is 0.0869. The van der Waals surface area contributed by atoms with Gasteiger partial charge in [-0.1, -0.05) is 40.2 Å². The van der Waals surface area contributed by atoms with Crippen molar-refractivity contribution in [3.63, 3.8) is 0 Å². The number of carbonyl (C=O) groups is 2. The Bertz CT molecular complexity index is 685. The predicted octanol–water partition coefficient (Wildman–Crippen LogP) is 3.43. The van der Waals surface area contributed by atoms with Gasteiger partial charge < -0.3 is 0 Å². The second-order valence-electron chi connectivity index (χ2n) is 4.50. The largest absolute Gasteiger partial charge is 0.292 e. The molecule has 0 fully saturated rings. The molecule has 3 rings (SSSR count). The molecule has 0 saturated heterocycles. The van der Waals surface area contributed by atoms with E-state index in [9.17, 15) is 9.59 Å². The van der Waals surface area contributed by atoms with Crippen molar-refractivity contribution in [3.05, 3.63) is 51.0 Å². The lowest BCUT2D eigenvalue weighted by Crippen LogP contribution is -2.32. The molecule has 0 spiro atoms. The second kappa shape index (κ2) is 4.08. The van der Waals surface area contributed by atoms with Crippen molar-refractivity contribution in [2.75, 3.05) is 0 Å². The van der Waals surface area contributed by atoms with Crippen LogP contribution in [0.15, 0.2) is 24.3 Å². The molecule has 1 aromatic carbocycles. The van der Waals surface area contributed by atoms with Crippen LogP contribution in [-0.4, -0.2) is 16.6 Å². The molecule has 1 aliphatic rings. The van der Waals surface area contributed by atoms with Gasteiger partial charge in [-0.3, -0.25) is 9.59 Å². The van der Waals surface area contributed by atoms with Gasteiger partial charge in [0.15, 0.2) is 15.9 Å². The number of alkyl halides is 1. The smallest absolute Gasteiger partial charge is 0.194 e. The van der Waals surface area contributed by atoms with E-state index in [1.165, 1.54) is 11.3 Å². The zero-order valence-electron chi connectivity index (χ0n) is 10.4. The van der Waals surface area contributed by atoms with Gasteiger partial charge >= 0.3 is 0 Å². The highest BCUT2D eigenvalue weighted by Crippen LogP contribution is 2.45. The first kappa shape index (κ1) is 12.7. The molecule has 0 N–H and O–H groups in total. The summed E-state index contributed by atoms with van der Waals surface area (Å²) in [6, 6.07) is 6.91. The van der Waals surface area contributed by atoms with E-state index in [-0.39, 0.29) is 11.6 Å². The predicted molar refractivity (Wildman–Crippen MR) is 77.3 cm³/mol. The minimum Gasteiger partial charge on any atom is -0.292 e. The van der Waals surface area contributed by atoms with Gasteiger partial charge in [-0.15, -0.1) is 11.3 Å². The van der Waals surface area contributed by atoms with Crippen LogP contribution >= 0.6 is 27.3 Å². The van der Waals surface area contributed by atoms with Crippen molar-refractivity contribution >= 4 is 38.8 Å². The van der Waals surface area contributed by atoms with E-state index in [4.69, 9.17) is 0 Å². The van der Waals surface area contributed by atoms with Crippen molar-refractivity contribution in [3.8, 4) is 0 Å². The number of hydrogen-bond acceptors (Lipinski definition) is 4. The summed E-state index contributed by atoms with van der Waals surface area (Å²) in [7, 11) is 0. The SMILES string of the molecule is Cc1nc(C2(Br)C(=O)c3ccccc3C2=O)c(C)s1. The molecule has 0 aliphatic heterocycles. The van der Waals surface area contributed by atoms with E-state index >= 15 is 0 Å². The molecule has 1 heterocycles. The monoisotopic (exact) mass is 335 g/mol. The van der Waals surface area contributed by atoms with Crippen LogP contribution in [-0.2, 0) is 4.32 Å². The maximum Gasteiger partial charge on any atom is 0.194 e. The molecule has 2 aromatic rings. The number of rotatable bonds is 1. The summed E-state index contributed by atoms with van der Waals surface area (Å²) in [5.74, 6) is -0.442. The molecule has 0 amide bonds. The Morgan fingerprint density at radius 1 is 1.11 bits per heavy atom. The molecule has 0 atom stereocenters. The molecule has 1 aromatic heterocycles. The Morgan fingerprint density at radius 2 is 1.63 bits per heavy atom. The summed E-state index contributed by atoms with van der Waals surface area (Å²) >= 11 is 4.87. The maximum absolute atomic E-state index is 12.6. The average molecular weight is 336 g/mol. The summed E-state index contributed by atoms with van der Waals surface area (Å²) in [5, 5.41) is 0.850. The van der Waals surface area contributed by atoms with Gasteiger partial charge in [-0.2, -0.15) is 0 Å². The Kier molecular flexibility index (Phi) is 2.73. The highest BCUT2D eigenvalue weighted by Gasteiger charge is 2.54. The molecule has 19 heavy (non-hydrogen) atoms. The number of halogens is 1. The van der Waals surface area contributed by atoms with Crippen molar-refractivity contribution < 1.29 is 9.59 Å². The lowest BCUT2D eigenvalue weighted by Gasteiger charge is -2.16.